The molecule has 0 saturated carbocycles. The number of halogens is 1. The third-order valence-electron chi connectivity index (χ3n) is 5.23. The van der Waals surface area contributed by atoms with E-state index in [1.165, 1.54) is 11.6 Å². The van der Waals surface area contributed by atoms with Gasteiger partial charge in [-0.25, -0.2) is 0 Å². The second-order valence-corrected chi connectivity index (χ2v) is 7.44. The Balaban J connectivity index is 1.64. The number of rotatable bonds is 3. The number of amides is 1. The van der Waals surface area contributed by atoms with Crippen LogP contribution in [0.1, 0.15) is 45.6 Å². The second kappa shape index (κ2) is 5.82. The van der Waals surface area contributed by atoms with Gasteiger partial charge in [0.25, 0.3) is 5.91 Å². The van der Waals surface area contributed by atoms with Gasteiger partial charge < -0.3 is 9.73 Å². The summed E-state index contributed by atoms with van der Waals surface area (Å²) in [6.07, 6.45) is 1.73. The fraction of sp³-hybridized carbons (Fsp3) is 0.136. The van der Waals surface area contributed by atoms with Crippen LogP contribution in [0.5, 0.6) is 0 Å². The van der Waals surface area contributed by atoms with E-state index in [-0.39, 0.29) is 5.91 Å². The molecule has 0 saturated heterocycles. The van der Waals surface area contributed by atoms with E-state index >= 15 is 0 Å². The van der Waals surface area contributed by atoms with Gasteiger partial charge >= 0.3 is 0 Å². The molecule has 3 aromatic heterocycles. The lowest BCUT2D eigenvalue weighted by molar-refractivity contribution is 0.102. The van der Waals surface area contributed by atoms with E-state index in [1.807, 2.05) is 19.1 Å². The number of nitrogens with zero attached hydrogens (tertiary/aromatic N) is 2. The molecule has 1 amide bonds. The minimum atomic E-state index is -0.307. The van der Waals surface area contributed by atoms with Crippen LogP contribution in [0.4, 0.5) is 5.69 Å². The van der Waals surface area contributed by atoms with Crippen LogP contribution in [-0.2, 0) is 0 Å². The van der Waals surface area contributed by atoms with Crippen molar-refractivity contribution in [3.8, 4) is 17.2 Å². The fourth-order valence-electron chi connectivity index (χ4n) is 3.88. The molecule has 0 fully saturated rings. The average Bonchev–Trinajstić information content (AvgIpc) is 3.04. The van der Waals surface area contributed by atoms with Crippen LogP contribution >= 0.6 is 11.6 Å². The SMILES string of the molecule is Cc1cc(-c2c(C(=O)Nc3ccc(Cl)cc3C#N)c3oc2c2c3[C@@H]2C)ccn1. The van der Waals surface area contributed by atoms with Crippen LogP contribution in [0.25, 0.3) is 22.3 Å². The van der Waals surface area contributed by atoms with E-state index in [9.17, 15) is 10.1 Å². The van der Waals surface area contributed by atoms with E-state index < -0.39 is 0 Å². The Bertz CT molecular complexity index is 1320. The lowest BCUT2D eigenvalue weighted by Crippen LogP contribution is -2.13. The molecular formula is C22H14ClN3O2. The Morgan fingerprint density at radius 1 is 1.25 bits per heavy atom. The Morgan fingerprint density at radius 3 is 2.79 bits per heavy atom. The molecular weight excluding hydrogens is 374 g/mol. The lowest BCUT2D eigenvalue weighted by Gasteiger charge is -2.09. The summed E-state index contributed by atoms with van der Waals surface area (Å²) >= 11 is 5.96. The summed E-state index contributed by atoms with van der Waals surface area (Å²) in [5, 5.41) is 12.6. The molecule has 0 aliphatic heterocycles. The van der Waals surface area contributed by atoms with Gasteiger partial charge in [-0.2, -0.15) is 5.26 Å². The first-order chi connectivity index (χ1) is 13.5. The number of fused-ring (bicyclic) bond motifs is 5. The summed E-state index contributed by atoms with van der Waals surface area (Å²) in [7, 11) is 0. The van der Waals surface area contributed by atoms with Gasteiger partial charge in [0.15, 0.2) is 0 Å². The maximum absolute atomic E-state index is 13.2. The van der Waals surface area contributed by atoms with E-state index in [4.69, 9.17) is 16.0 Å². The van der Waals surface area contributed by atoms with Gasteiger partial charge in [0.2, 0.25) is 0 Å². The summed E-state index contributed by atoms with van der Waals surface area (Å²) < 4.78 is 5.98. The van der Waals surface area contributed by atoms with Crippen molar-refractivity contribution >= 4 is 34.4 Å². The summed E-state index contributed by atoms with van der Waals surface area (Å²) in [5.74, 6) is 0.00567. The van der Waals surface area contributed by atoms with Gasteiger partial charge in [0.05, 0.1) is 16.8 Å². The minimum absolute atomic E-state index is 0.307. The van der Waals surface area contributed by atoms with Crippen molar-refractivity contribution in [2.45, 2.75) is 19.8 Å². The molecule has 136 valence electrons. The number of nitriles is 1. The van der Waals surface area contributed by atoms with E-state index in [1.54, 1.807) is 18.3 Å². The standard InChI is InChI=1S/C22H14ClN3O2/c1-10-7-12(5-6-25-10)18-19(21-17-11(2)16(17)20(18)28-21)22(27)26-15-4-3-14(23)8-13(15)9-24/h3-8,11H,1-2H3,(H,26,27)/t11-/m1/s1. The van der Waals surface area contributed by atoms with Crippen LogP contribution < -0.4 is 5.32 Å². The van der Waals surface area contributed by atoms with Crippen molar-refractivity contribution in [1.82, 2.24) is 4.98 Å². The molecule has 28 heavy (non-hydrogen) atoms. The molecule has 1 aliphatic rings. The molecule has 0 unspecified atom stereocenters. The predicted molar refractivity (Wildman–Crippen MR) is 107 cm³/mol. The van der Waals surface area contributed by atoms with E-state index in [0.29, 0.717) is 33.3 Å². The zero-order chi connectivity index (χ0) is 19.6. The summed E-state index contributed by atoms with van der Waals surface area (Å²) in [6.45, 7) is 4.02. The zero-order valence-electron chi connectivity index (χ0n) is 15.1. The highest BCUT2D eigenvalue weighted by Crippen LogP contribution is 2.58. The highest BCUT2D eigenvalue weighted by molar-refractivity contribution is 6.30. The van der Waals surface area contributed by atoms with Crippen LogP contribution in [0, 0.1) is 18.3 Å². The maximum atomic E-state index is 13.2. The van der Waals surface area contributed by atoms with Gasteiger partial charge in [-0.1, -0.05) is 18.5 Å². The highest BCUT2D eigenvalue weighted by atomic mass is 35.5. The molecule has 1 aliphatic carbocycles. The van der Waals surface area contributed by atoms with Gasteiger partial charge in [-0.3, -0.25) is 9.78 Å². The van der Waals surface area contributed by atoms with Crippen molar-refractivity contribution in [3.05, 3.63) is 69.5 Å². The van der Waals surface area contributed by atoms with Crippen LogP contribution in [0.3, 0.4) is 0 Å². The summed E-state index contributed by atoms with van der Waals surface area (Å²) in [5.41, 5.74) is 7.45. The molecule has 0 spiro atoms. The molecule has 3 heterocycles. The van der Waals surface area contributed by atoms with Crippen molar-refractivity contribution in [2.24, 2.45) is 0 Å². The second-order valence-electron chi connectivity index (χ2n) is 7.00. The van der Waals surface area contributed by atoms with Gasteiger partial charge in [-0.15, -0.1) is 0 Å². The van der Waals surface area contributed by atoms with Crippen molar-refractivity contribution in [2.75, 3.05) is 5.32 Å². The number of carbonyl (C=O) groups is 1. The fourth-order valence-corrected chi connectivity index (χ4v) is 4.05. The number of benzene rings is 2. The van der Waals surface area contributed by atoms with Crippen LogP contribution in [-0.4, -0.2) is 10.9 Å². The van der Waals surface area contributed by atoms with E-state index in [0.717, 1.165) is 28.0 Å². The molecule has 4 aromatic rings. The van der Waals surface area contributed by atoms with Gasteiger partial charge in [0, 0.05) is 39.5 Å². The number of furan rings is 2. The van der Waals surface area contributed by atoms with Crippen molar-refractivity contribution in [3.63, 3.8) is 0 Å². The quantitative estimate of drug-likeness (QED) is 0.504. The molecule has 2 bridgehead atoms. The molecule has 5 nitrogen and oxygen atoms in total. The van der Waals surface area contributed by atoms with Crippen LogP contribution in [0.15, 0.2) is 40.9 Å². The van der Waals surface area contributed by atoms with Gasteiger partial charge in [-0.05, 0) is 42.8 Å². The number of nitrogens with one attached hydrogen (secondary N) is 1. The highest BCUT2D eigenvalue weighted by Gasteiger charge is 2.44. The molecule has 1 N–H and O–H groups in total. The molecule has 5 rings (SSSR count). The predicted octanol–water partition coefficient (Wildman–Crippen LogP) is 5.48. The maximum Gasteiger partial charge on any atom is 0.260 e. The number of pyridine rings is 1. The number of aromatic nitrogens is 1. The smallest absolute Gasteiger partial charge is 0.260 e. The number of anilines is 1. The molecule has 6 heteroatoms. The lowest BCUT2D eigenvalue weighted by atomic mass is 9.99. The Morgan fingerprint density at radius 2 is 2.04 bits per heavy atom. The average molecular weight is 388 g/mol. The van der Waals surface area contributed by atoms with Gasteiger partial charge in [0.1, 0.15) is 17.2 Å². The first kappa shape index (κ1) is 16.8. The van der Waals surface area contributed by atoms with Crippen LogP contribution in [0.2, 0.25) is 5.02 Å². The van der Waals surface area contributed by atoms with Crippen molar-refractivity contribution in [1.29, 1.82) is 5.26 Å². The monoisotopic (exact) mass is 387 g/mol. The zero-order valence-corrected chi connectivity index (χ0v) is 15.9. The third kappa shape index (κ3) is 2.32. The van der Waals surface area contributed by atoms with Crippen molar-refractivity contribution < 1.29 is 9.21 Å². The Labute approximate surface area is 165 Å². The third-order valence-corrected chi connectivity index (χ3v) is 5.47. The minimum Gasteiger partial charge on any atom is -0.455 e. The molecule has 1 atom stereocenters. The number of aryl methyl sites for hydroxylation is 1. The Kier molecular flexibility index (Phi) is 3.49. The number of hydrogen-bond donors (Lipinski definition) is 1. The summed E-state index contributed by atoms with van der Waals surface area (Å²) in [6, 6.07) is 10.7. The molecule has 1 aromatic carbocycles. The van der Waals surface area contributed by atoms with E-state index in [2.05, 4.69) is 23.3 Å². The summed E-state index contributed by atoms with van der Waals surface area (Å²) in [4.78, 5) is 17.5. The number of hydrogen-bond acceptors (Lipinski definition) is 4. The number of carbonyl (C=O) groups excluding carboxylic acids is 1. The first-order valence-electron chi connectivity index (χ1n) is 8.85. The first-order valence-corrected chi connectivity index (χ1v) is 9.23. The molecule has 0 radical (unpaired) electrons. The topological polar surface area (TPSA) is 78.9 Å². The normalized spacial score (nSPS) is 14.7. The Hall–Kier alpha value is -3.36. The largest absolute Gasteiger partial charge is 0.455 e.